The van der Waals surface area contributed by atoms with Crippen LogP contribution in [0.2, 0.25) is 0 Å². The summed E-state index contributed by atoms with van der Waals surface area (Å²) in [6, 6.07) is 7.27. The van der Waals surface area contributed by atoms with E-state index in [1.165, 1.54) is 32.8 Å². The number of rotatable bonds is 4. The number of methoxy groups -OCH3 is 1. The van der Waals surface area contributed by atoms with Gasteiger partial charge in [0.1, 0.15) is 0 Å². The Morgan fingerprint density at radius 1 is 1.09 bits per heavy atom. The second-order valence-corrected chi connectivity index (χ2v) is 5.64. The number of carbonyl (C=O) groups excluding carboxylic acids is 2. The van der Waals surface area contributed by atoms with Gasteiger partial charge in [-0.05, 0) is 36.6 Å². The normalized spacial score (nSPS) is 16.2. The van der Waals surface area contributed by atoms with Crippen LogP contribution in [0.25, 0.3) is 6.08 Å². The van der Waals surface area contributed by atoms with E-state index in [0.29, 0.717) is 11.6 Å². The third-order valence-corrected chi connectivity index (χ3v) is 3.96. The van der Waals surface area contributed by atoms with Crippen LogP contribution in [0.15, 0.2) is 30.3 Å². The molecule has 0 bridgehead atoms. The van der Waals surface area contributed by atoms with Crippen LogP contribution in [0.5, 0.6) is 0 Å². The average molecular weight is 301 g/mol. The molecule has 0 unspecified atom stereocenters. The Balaban J connectivity index is 1.87. The maximum Gasteiger partial charge on any atom is 0.337 e. The molecule has 1 aliphatic rings. The van der Waals surface area contributed by atoms with Crippen molar-refractivity contribution in [1.82, 2.24) is 5.32 Å². The summed E-state index contributed by atoms with van der Waals surface area (Å²) in [4.78, 5) is 23.3. The van der Waals surface area contributed by atoms with Gasteiger partial charge in [-0.2, -0.15) is 0 Å². The first-order valence-corrected chi connectivity index (χ1v) is 7.86. The molecular formula is C18H23NO3. The molecule has 1 N–H and O–H groups in total. The highest BCUT2D eigenvalue weighted by Gasteiger charge is 2.13. The Bertz CT molecular complexity index is 526. The summed E-state index contributed by atoms with van der Waals surface area (Å²) >= 11 is 0. The fourth-order valence-electron chi connectivity index (χ4n) is 2.69. The number of benzene rings is 1. The minimum absolute atomic E-state index is 0.0519. The number of hydrogen-bond acceptors (Lipinski definition) is 3. The van der Waals surface area contributed by atoms with E-state index in [9.17, 15) is 9.59 Å². The number of carbonyl (C=O) groups is 2. The highest BCUT2D eigenvalue weighted by Crippen LogP contribution is 2.17. The van der Waals surface area contributed by atoms with Crippen LogP contribution in [-0.2, 0) is 9.53 Å². The lowest BCUT2D eigenvalue weighted by Crippen LogP contribution is -2.33. The maximum atomic E-state index is 11.9. The largest absolute Gasteiger partial charge is 0.465 e. The summed E-state index contributed by atoms with van der Waals surface area (Å²) in [5.41, 5.74) is 1.38. The minimum atomic E-state index is -0.360. The molecule has 0 atom stereocenters. The molecule has 4 nitrogen and oxygen atoms in total. The molecular weight excluding hydrogens is 278 g/mol. The topological polar surface area (TPSA) is 55.4 Å². The van der Waals surface area contributed by atoms with Gasteiger partial charge in [0.25, 0.3) is 0 Å². The van der Waals surface area contributed by atoms with Crippen molar-refractivity contribution < 1.29 is 14.3 Å². The molecule has 1 amide bonds. The summed E-state index contributed by atoms with van der Waals surface area (Å²) < 4.78 is 4.65. The molecule has 0 saturated heterocycles. The molecule has 0 aliphatic heterocycles. The molecule has 0 aromatic heterocycles. The van der Waals surface area contributed by atoms with Crippen molar-refractivity contribution in [2.45, 2.75) is 44.6 Å². The van der Waals surface area contributed by atoms with Crippen molar-refractivity contribution in [1.29, 1.82) is 0 Å². The zero-order valence-electron chi connectivity index (χ0n) is 13.0. The van der Waals surface area contributed by atoms with Crippen LogP contribution in [-0.4, -0.2) is 25.0 Å². The summed E-state index contributed by atoms with van der Waals surface area (Å²) in [5, 5.41) is 3.07. The predicted molar refractivity (Wildman–Crippen MR) is 86.4 cm³/mol. The monoisotopic (exact) mass is 301 g/mol. The third-order valence-electron chi connectivity index (χ3n) is 3.96. The van der Waals surface area contributed by atoms with E-state index in [1.54, 1.807) is 36.4 Å². The van der Waals surface area contributed by atoms with E-state index < -0.39 is 0 Å². The summed E-state index contributed by atoms with van der Waals surface area (Å²) in [6.45, 7) is 0. The van der Waals surface area contributed by atoms with Crippen LogP contribution in [0, 0.1) is 0 Å². The highest BCUT2D eigenvalue weighted by atomic mass is 16.5. The smallest absolute Gasteiger partial charge is 0.337 e. The number of hydrogen-bond donors (Lipinski definition) is 1. The summed E-state index contributed by atoms with van der Waals surface area (Å²) in [7, 11) is 1.36. The van der Waals surface area contributed by atoms with Crippen LogP contribution >= 0.6 is 0 Å². The molecule has 22 heavy (non-hydrogen) atoms. The fraction of sp³-hybridized carbons (Fsp3) is 0.444. The van der Waals surface area contributed by atoms with Gasteiger partial charge in [-0.3, -0.25) is 4.79 Å². The van der Waals surface area contributed by atoms with Gasteiger partial charge in [0.05, 0.1) is 12.7 Å². The van der Waals surface area contributed by atoms with E-state index >= 15 is 0 Å². The first-order valence-electron chi connectivity index (χ1n) is 7.86. The van der Waals surface area contributed by atoms with Crippen LogP contribution in [0.4, 0.5) is 0 Å². The van der Waals surface area contributed by atoms with Gasteiger partial charge in [0.15, 0.2) is 0 Å². The molecule has 1 aromatic carbocycles. The van der Waals surface area contributed by atoms with Crippen molar-refractivity contribution in [2.75, 3.05) is 7.11 Å². The molecule has 1 aliphatic carbocycles. The molecule has 1 fully saturated rings. The molecule has 0 spiro atoms. The second-order valence-electron chi connectivity index (χ2n) is 5.64. The fourth-order valence-corrected chi connectivity index (χ4v) is 2.69. The number of esters is 1. The van der Waals surface area contributed by atoms with E-state index in [2.05, 4.69) is 10.1 Å². The van der Waals surface area contributed by atoms with Crippen LogP contribution in [0.3, 0.4) is 0 Å². The van der Waals surface area contributed by atoms with Crippen LogP contribution < -0.4 is 5.32 Å². The average Bonchev–Trinajstić information content (AvgIpc) is 2.81. The molecule has 4 heteroatoms. The first-order chi connectivity index (χ1) is 10.7. The summed E-state index contributed by atoms with van der Waals surface area (Å²) in [6.07, 6.45) is 10.4. The van der Waals surface area contributed by atoms with Crippen molar-refractivity contribution in [2.24, 2.45) is 0 Å². The van der Waals surface area contributed by atoms with Gasteiger partial charge in [-0.1, -0.05) is 37.8 Å². The number of ether oxygens (including phenoxy) is 1. The molecule has 2 rings (SSSR count). The Hall–Kier alpha value is -2.10. The Labute approximate surface area is 131 Å². The van der Waals surface area contributed by atoms with E-state index in [0.717, 1.165) is 18.4 Å². The van der Waals surface area contributed by atoms with Gasteiger partial charge in [-0.25, -0.2) is 4.79 Å². The lowest BCUT2D eigenvalue weighted by molar-refractivity contribution is -0.117. The van der Waals surface area contributed by atoms with E-state index in [-0.39, 0.29) is 11.9 Å². The van der Waals surface area contributed by atoms with Crippen molar-refractivity contribution in [3.05, 3.63) is 41.5 Å². The lowest BCUT2D eigenvalue weighted by Gasteiger charge is -2.14. The van der Waals surface area contributed by atoms with E-state index in [1.807, 2.05) is 0 Å². The highest BCUT2D eigenvalue weighted by molar-refractivity contribution is 5.92. The number of amides is 1. The van der Waals surface area contributed by atoms with Gasteiger partial charge in [-0.15, -0.1) is 0 Å². The quantitative estimate of drug-likeness (QED) is 0.527. The standard InChI is InChI=1S/C18H23NO3/c1-22-18(21)15-11-8-14(9-12-15)10-13-17(20)19-16-6-4-2-3-5-7-16/h8-13,16H,2-7H2,1H3,(H,19,20)/b13-10-. The second kappa shape index (κ2) is 8.37. The van der Waals surface area contributed by atoms with Gasteiger partial charge in [0.2, 0.25) is 5.91 Å². The van der Waals surface area contributed by atoms with Crippen molar-refractivity contribution in [3.63, 3.8) is 0 Å². The van der Waals surface area contributed by atoms with E-state index in [4.69, 9.17) is 0 Å². The SMILES string of the molecule is COC(=O)c1ccc(/C=C\C(=O)NC2CCCCCC2)cc1. The molecule has 0 radical (unpaired) electrons. The maximum absolute atomic E-state index is 11.9. The zero-order chi connectivity index (χ0) is 15.8. The lowest BCUT2D eigenvalue weighted by atomic mass is 10.1. The zero-order valence-corrected chi connectivity index (χ0v) is 13.0. The predicted octanol–water partition coefficient (Wildman–Crippen LogP) is 3.33. The van der Waals surface area contributed by atoms with Crippen molar-refractivity contribution >= 4 is 18.0 Å². The van der Waals surface area contributed by atoms with Crippen molar-refractivity contribution in [3.8, 4) is 0 Å². The van der Waals surface area contributed by atoms with Gasteiger partial charge in [0, 0.05) is 12.1 Å². The Kier molecular flexibility index (Phi) is 6.19. The molecule has 1 aromatic rings. The number of nitrogens with one attached hydrogen (secondary N) is 1. The Morgan fingerprint density at radius 2 is 1.73 bits per heavy atom. The Morgan fingerprint density at radius 3 is 2.32 bits per heavy atom. The third kappa shape index (κ3) is 5.02. The molecule has 118 valence electrons. The molecule has 1 saturated carbocycles. The van der Waals surface area contributed by atoms with Gasteiger partial charge < -0.3 is 10.1 Å². The molecule has 0 heterocycles. The van der Waals surface area contributed by atoms with Crippen LogP contribution in [0.1, 0.15) is 54.4 Å². The minimum Gasteiger partial charge on any atom is -0.465 e. The first kappa shape index (κ1) is 16.3. The van der Waals surface area contributed by atoms with Gasteiger partial charge >= 0.3 is 5.97 Å². The summed E-state index contributed by atoms with van der Waals surface area (Å²) in [5.74, 6) is -0.411.